The topological polar surface area (TPSA) is 12.4 Å². The fourth-order valence-electron chi connectivity index (χ4n) is 1.82. The Balaban J connectivity index is 5.56. The molecule has 0 amide bonds. The molecule has 0 saturated heterocycles. The van der Waals surface area contributed by atoms with Gasteiger partial charge in [-0.3, -0.25) is 0 Å². The maximum atomic E-state index is 4.42. The molecule has 0 heterocycles. The van der Waals surface area contributed by atoms with E-state index in [1.54, 1.807) is 18.2 Å². The van der Waals surface area contributed by atoms with E-state index >= 15 is 0 Å². The van der Waals surface area contributed by atoms with E-state index in [1.165, 1.54) is 5.57 Å². The minimum Gasteiger partial charge on any atom is -0.249 e. The van der Waals surface area contributed by atoms with Crippen molar-refractivity contribution in [3.63, 3.8) is 0 Å². The van der Waals surface area contributed by atoms with E-state index in [2.05, 4.69) is 58.2 Å². The van der Waals surface area contributed by atoms with E-state index in [1.807, 2.05) is 12.2 Å². The Labute approximate surface area is 124 Å². The molecule has 0 aliphatic heterocycles. The van der Waals surface area contributed by atoms with Crippen LogP contribution in [-0.2, 0) is 0 Å². The van der Waals surface area contributed by atoms with Gasteiger partial charge < -0.3 is 0 Å². The number of aliphatic imine (C=N–C) groups is 1. The summed E-state index contributed by atoms with van der Waals surface area (Å²) in [5, 5.41) is 0. The van der Waals surface area contributed by atoms with E-state index in [4.69, 9.17) is 0 Å². The Kier molecular flexibility index (Phi) is 8.23. The Hall–Kier alpha value is -1.89. The molecule has 0 aliphatic rings. The molecule has 0 aromatic heterocycles. The fourth-order valence-corrected chi connectivity index (χ4v) is 1.82. The summed E-state index contributed by atoms with van der Waals surface area (Å²) in [6.45, 7) is 21.8. The van der Waals surface area contributed by atoms with Gasteiger partial charge >= 0.3 is 0 Å². The summed E-state index contributed by atoms with van der Waals surface area (Å²) in [6, 6.07) is 0. The van der Waals surface area contributed by atoms with Crippen LogP contribution in [0.1, 0.15) is 33.6 Å². The van der Waals surface area contributed by atoms with Crippen molar-refractivity contribution in [3.05, 3.63) is 74.0 Å². The van der Waals surface area contributed by atoms with E-state index in [-0.39, 0.29) is 5.41 Å². The molecule has 1 nitrogen and oxygen atoms in total. The van der Waals surface area contributed by atoms with Crippen molar-refractivity contribution < 1.29 is 0 Å². The molecule has 0 aromatic carbocycles. The van der Waals surface area contributed by atoms with Gasteiger partial charge in [-0.2, -0.15) is 0 Å². The molecule has 108 valence electrons. The number of hydrogen-bond donors (Lipinski definition) is 0. The number of hydrogen-bond acceptors (Lipinski definition) is 1. The van der Waals surface area contributed by atoms with Gasteiger partial charge in [-0.05, 0) is 48.1 Å². The van der Waals surface area contributed by atoms with Gasteiger partial charge in [0.2, 0.25) is 0 Å². The van der Waals surface area contributed by atoms with Crippen LogP contribution in [0, 0.1) is 5.41 Å². The van der Waals surface area contributed by atoms with Crippen LogP contribution < -0.4 is 0 Å². The van der Waals surface area contributed by atoms with Crippen molar-refractivity contribution in [1.29, 1.82) is 0 Å². The first-order valence-electron chi connectivity index (χ1n) is 7.02. The first-order valence-corrected chi connectivity index (χ1v) is 7.02. The largest absolute Gasteiger partial charge is 0.249 e. The number of rotatable bonds is 9. The molecular formula is C19H27N. The van der Waals surface area contributed by atoms with Crippen LogP contribution in [-0.4, -0.2) is 5.71 Å². The predicted molar refractivity (Wildman–Crippen MR) is 93.1 cm³/mol. The first-order chi connectivity index (χ1) is 9.50. The van der Waals surface area contributed by atoms with Crippen LogP contribution in [0.2, 0.25) is 0 Å². The second kappa shape index (κ2) is 9.08. The lowest BCUT2D eigenvalue weighted by atomic mass is 9.77. The number of allylic oxidation sites excluding steroid dienone is 7. The third-order valence-corrected chi connectivity index (χ3v) is 3.80. The molecular weight excluding hydrogens is 242 g/mol. The molecule has 1 heteroatoms. The molecule has 0 radical (unpaired) electrons. The van der Waals surface area contributed by atoms with Gasteiger partial charge in [0.05, 0.1) is 11.4 Å². The van der Waals surface area contributed by atoms with E-state index in [0.717, 1.165) is 24.3 Å². The van der Waals surface area contributed by atoms with Gasteiger partial charge in [0, 0.05) is 0 Å². The average molecular weight is 269 g/mol. The predicted octanol–water partition coefficient (Wildman–Crippen LogP) is 5.81. The lowest BCUT2D eigenvalue weighted by Crippen LogP contribution is -2.15. The highest BCUT2D eigenvalue weighted by molar-refractivity contribution is 6.03. The van der Waals surface area contributed by atoms with Crippen LogP contribution in [0.15, 0.2) is 79.0 Å². The van der Waals surface area contributed by atoms with Crippen molar-refractivity contribution >= 4 is 5.71 Å². The van der Waals surface area contributed by atoms with Gasteiger partial charge in [-0.1, -0.05) is 59.2 Å². The fraction of sp³-hybridized carbons (Fsp3) is 0.316. The normalized spacial score (nSPS) is 12.6. The maximum absolute atomic E-state index is 4.42. The smallest absolute Gasteiger partial charge is 0.0631 e. The van der Waals surface area contributed by atoms with Crippen molar-refractivity contribution in [2.24, 2.45) is 10.4 Å². The Morgan fingerprint density at radius 1 is 0.900 bits per heavy atom. The zero-order valence-electron chi connectivity index (χ0n) is 13.2. The standard InChI is InChI=1S/C19H27N/c1-8-16(19(7,12-5)13-6)14-15-18(11-4)20-17(9-2)10-3/h8-11,14-15H,1-4,12-13H2,5-7H3/b16-14+,18-15+. The monoisotopic (exact) mass is 269 g/mol. The Morgan fingerprint density at radius 3 is 1.80 bits per heavy atom. The zero-order valence-corrected chi connectivity index (χ0v) is 13.2. The molecule has 0 N–H and O–H groups in total. The molecule has 0 atom stereocenters. The minimum absolute atomic E-state index is 0.147. The van der Waals surface area contributed by atoms with Crippen molar-refractivity contribution in [3.8, 4) is 0 Å². The molecule has 0 bridgehead atoms. The van der Waals surface area contributed by atoms with Gasteiger partial charge in [-0.15, -0.1) is 0 Å². The third kappa shape index (κ3) is 5.00. The van der Waals surface area contributed by atoms with Gasteiger partial charge in [0.15, 0.2) is 0 Å². The summed E-state index contributed by atoms with van der Waals surface area (Å²) in [4.78, 5) is 4.42. The second-order valence-electron chi connectivity index (χ2n) is 4.83. The van der Waals surface area contributed by atoms with E-state index < -0.39 is 0 Å². The highest BCUT2D eigenvalue weighted by Gasteiger charge is 2.22. The first kappa shape index (κ1) is 18.1. The quantitative estimate of drug-likeness (QED) is 0.370. The molecule has 0 aromatic rings. The summed E-state index contributed by atoms with van der Waals surface area (Å²) in [6.07, 6.45) is 13.2. The minimum atomic E-state index is 0.147. The van der Waals surface area contributed by atoms with Crippen molar-refractivity contribution in [1.82, 2.24) is 0 Å². The van der Waals surface area contributed by atoms with Gasteiger partial charge in [-0.25, -0.2) is 4.99 Å². The summed E-state index contributed by atoms with van der Waals surface area (Å²) in [5.41, 5.74) is 2.89. The highest BCUT2D eigenvalue weighted by Crippen LogP contribution is 2.35. The molecule has 0 unspecified atom stereocenters. The van der Waals surface area contributed by atoms with Crippen molar-refractivity contribution in [2.45, 2.75) is 33.6 Å². The lowest BCUT2D eigenvalue weighted by Gasteiger charge is -2.28. The molecule has 20 heavy (non-hydrogen) atoms. The van der Waals surface area contributed by atoms with Crippen LogP contribution >= 0.6 is 0 Å². The lowest BCUT2D eigenvalue weighted by molar-refractivity contribution is 0.377. The van der Waals surface area contributed by atoms with Gasteiger partial charge in [0.1, 0.15) is 0 Å². The number of nitrogens with zero attached hydrogens (tertiary/aromatic N) is 1. The molecule has 0 fully saturated rings. The Bertz CT molecular complexity index is 444. The highest BCUT2D eigenvalue weighted by atomic mass is 14.7. The summed E-state index contributed by atoms with van der Waals surface area (Å²) < 4.78 is 0. The van der Waals surface area contributed by atoms with Gasteiger partial charge in [0.25, 0.3) is 0 Å². The van der Waals surface area contributed by atoms with E-state index in [9.17, 15) is 0 Å². The molecule has 0 rings (SSSR count). The van der Waals surface area contributed by atoms with Crippen molar-refractivity contribution in [2.75, 3.05) is 0 Å². The van der Waals surface area contributed by atoms with Crippen LogP contribution in [0.4, 0.5) is 0 Å². The van der Waals surface area contributed by atoms with Crippen LogP contribution in [0.5, 0.6) is 0 Å². The molecule has 0 aliphatic carbocycles. The van der Waals surface area contributed by atoms with E-state index in [0.29, 0.717) is 0 Å². The molecule has 0 spiro atoms. The third-order valence-electron chi connectivity index (χ3n) is 3.80. The maximum Gasteiger partial charge on any atom is 0.0631 e. The SMILES string of the molecule is C=CC(C=C)=N/C(C=C)=C/C=C(\C=C)C(C)(CC)CC. The summed E-state index contributed by atoms with van der Waals surface area (Å²) >= 11 is 0. The Morgan fingerprint density at radius 2 is 1.45 bits per heavy atom. The summed E-state index contributed by atoms with van der Waals surface area (Å²) in [5.74, 6) is 0. The second-order valence-corrected chi connectivity index (χ2v) is 4.83. The average Bonchev–Trinajstić information content (AvgIpc) is 2.50. The zero-order chi connectivity index (χ0) is 15.6. The molecule has 0 saturated carbocycles. The summed E-state index contributed by atoms with van der Waals surface area (Å²) in [7, 11) is 0. The van der Waals surface area contributed by atoms with Crippen LogP contribution in [0.3, 0.4) is 0 Å². The van der Waals surface area contributed by atoms with Crippen LogP contribution in [0.25, 0.3) is 0 Å².